The molecule has 0 radical (unpaired) electrons. The zero-order valence-corrected chi connectivity index (χ0v) is 13.5. The van der Waals surface area contributed by atoms with Crippen LogP contribution < -0.4 is 4.90 Å². The van der Waals surface area contributed by atoms with Crippen LogP contribution >= 0.6 is 0 Å². The topological polar surface area (TPSA) is 19.6 Å². The molecule has 3 heterocycles. The van der Waals surface area contributed by atoms with Crippen LogP contribution in [0.5, 0.6) is 0 Å². The minimum absolute atomic E-state index is 0.708. The van der Waals surface area contributed by atoms with Crippen molar-refractivity contribution >= 4 is 27.6 Å². The van der Waals surface area contributed by atoms with Crippen LogP contribution in [0.25, 0.3) is 21.9 Å². The summed E-state index contributed by atoms with van der Waals surface area (Å²) in [5, 5.41) is 2.46. The SMILES string of the molecule is CN1C2CCC1CN(c1ccc3oc4ccccc4c3c1)CC2. The summed E-state index contributed by atoms with van der Waals surface area (Å²) in [7, 11) is 2.30. The summed E-state index contributed by atoms with van der Waals surface area (Å²) in [6, 6.07) is 16.5. The molecule has 3 aromatic rings. The number of nitrogens with zero attached hydrogens (tertiary/aromatic N) is 2. The van der Waals surface area contributed by atoms with Gasteiger partial charge in [-0.25, -0.2) is 0 Å². The number of hydrogen-bond acceptors (Lipinski definition) is 3. The first-order chi connectivity index (χ1) is 11.3. The van der Waals surface area contributed by atoms with Gasteiger partial charge in [0.1, 0.15) is 11.2 Å². The van der Waals surface area contributed by atoms with E-state index in [0.29, 0.717) is 6.04 Å². The largest absolute Gasteiger partial charge is 0.456 e. The van der Waals surface area contributed by atoms with Crippen molar-refractivity contribution in [2.45, 2.75) is 31.3 Å². The van der Waals surface area contributed by atoms with E-state index in [2.05, 4.69) is 53.2 Å². The minimum atomic E-state index is 0.708. The number of likely N-dealkylation sites (N-methyl/N-ethyl adjacent to an activating group) is 1. The number of anilines is 1. The van der Waals surface area contributed by atoms with E-state index in [1.807, 2.05) is 6.07 Å². The van der Waals surface area contributed by atoms with Crippen LogP contribution in [0, 0.1) is 0 Å². The van der Waals surface area contributed by atoms with E-state index in [1.165, 1.54) is 35.7 Å². The van der Waals surface area contributed by atoms with Crippen molar-refractivity contribution in [1.82, 2.24) is 4.90 Å². The molecule has 2 unspecified atom stereocenters. The maximum absolute atomic E-state index is 5.96. The highest BCUT2D eigenvalue weighted by Crippen LogP contribution is 2.34. The second-order valence-corrected chi connectivity index (χ2v) is 7.06. The quantitative estimate of drug-likeness (QED) is 0.670. The first-order valence-corrected chi connectivity index (χ1v) is 8.68. The number of benzene rings is 2. The van der Waals surface area contributed by atoms with Crippen LogP contribution in [0.1, 0.15) is 19.3 Å². The highest BCUT2D eigenvalue weighted by Gasteiger charge is 2.34. The maximum atomic E-state index is 5.96. The van der Waals surface area contributed by atoms with E-state index in [4.69, 9.17) is 4.42 Å². The van der Waals surface area contributed by atoms with Crippen molar-refractivity contribution in [2.75, 3.05) is 25.0 Å². The number of hydrogen-bond donors (Lipinski definition) is 0. The molecule has 23 heavy (non-hydrogen) atoms. The predicted molar refractivity (Wildman–Crippen MR) is 95.1 cm³/mol. The van der Waals surface area contributed by atoms with Crippen LogP contribution in [0.4, 0.5) is 5.69 Å². The molecule has 3 nitrogen and oxygen atoms in total. The second kappa shape index (κ2) is 5.00. The third-order valence-corrected chi connectivity index (χ3v) is 5.87. The zero-order valence-electron chi connectivity index (χ0n) is 13.5. The fraction of sp³-hybridized carbons (Fsp3) is 0.400. The molecule has 0 N–H and O–H groups in total. The Labute approximate surface area is 136 Å². The Bertz CT molecular complexity index is 868. The Morgan fingerprint density at radius 1 is 0.913 bits per heavy atom. The average molecular weight is 306 g/mol. The summed E-state index contributed by atoms with van der Waals surface area (Å²) in [6.07, 6.45) is 3.99. The fourth-order valence-electron chi connectivity index (χ4n) is 4.45. The monoisotopic (exact) mass is 306 g/mol. The van der Waals surface area contributed by atoms with E-state index >= 15 is 0 Å². The highest BCUT2D eigenvalue weighted by molar-refractivity contribution is 6.05. The van der Waals surface area contributed by atoms with Gasteiger partial charge < -0.3 is 9.32 Å². The van der Waals surface area contributed by atoms with Gasteiger partial charge in [0, 0.05) is 41.6 Å². The number of furan rings is 1. The molecule has 0 spiro atoms. The second-order valence-electron chi connectivity index (χ2n) is 7.06. The molecule has 2 bridgehead atoms. The lowest BCUT2D eigenvalue weighted by Gasteiger charge is -2.27. The third kappa shape index (κ3) is 2.07. The Hall–Kier alpha value is -2.00. The Balaban J connectivity index is 1.56. The zero-order chi connectivity index (χ0) is 15.4. The summed E-state index contributed by atoms with van der Waals surface area (Å²) < 4.78 is 5.96. The molecule has 2 aliphatic heterocycles. The van der Waals surface area contributed by atoms with Crippen LogP contribution in [0.3, 0.4) is 0 Å². The Kier molecular flexibility index (Phi) is 2.92. The molecule has 3 heteroatoms. The molecule has 1 aromatic heterocycles. The highest BCUT2D eigenvalue weighted by atomic mass is 16.3. The van der Waals surface area contributed by atoms with E-state index in [9.17, 15) is 0 Å². The summed E-state index contributed by atoms with van der Waals surface area (Å²) in [5.74, 6) is 0. The van der Waals surface area contributed by atoms with Crippen LogP contribution in [-0.4, -0.2) is 37.1 Å². The standard InChI is InChI=1S/C20H22N2O/c1-21-14-6-7-16(21)13-22(11-10-14)15-8-9-20-18(12-15)17-4-2-3-5-19(17)23-20/h2-5,8-9,12,14,16H,6-7,10-11,13H2,1H3. The molecule has 2 aromatic carbocycles. The van der Waals surface area contributed by atoms with Gasteiger partial charge in [0.15, 0.2) is 0 Å². The Morgan fingerprint density at radius 2 is 1.74 bits per heavy atom. The van der Waals surface area contributed by atoms with Crippen LogP contribution in [-0.2, 0) is 0 Å². The van der Waals surface area contributed by atoms with Crippen LogP contribution in [0.2, 0.25) is 0 Å². The lowest BCUT2D eigenvalue weighted by molar-refractivity contribution is 0.254. The lowest BCUT2D eigenvalue weighted by atomic mass is 10.1. The van der Waals surface area contributed by atoms with E-state index in [-0.39, 0.29) is 0 Å². The molecule has 2 atom stereocenters. The van der Waals surface area contributed by atoms with Gasteiger partial charge in [0.2, 0.25) is 0 Å². The number of rotatable bonds is 1. The van der Waals surface area contributed by atoms with E-state index < -0.39 is 0 Å². The van der Waals surface area contributed by atoms with Crippen LogP contribution in [0.15, 0.2) is 46.9 Å². The van der Waals surface area contributed by atoms with Crippen molar-refractivity contribution in [3.05, 3.63) is 42.5 Å². The van der Waals surface area contributed by atoms with Crippen molar-refractivity contribution in [3.63, 3.8) is 0 Å². The normalized spacial score (nSPS) is 25.3. The third-order valence-electron chi connectivity index (χ3n) is 5.87. The van der Waals surface area contributed by atoms with Gasteiger partial charge in [0.05, 0.1) is 0 Å². The molecular weight excluding hydrogens is 284 g/mol. The van der Waals surface area contributed by atoms with Gasteiger partial charge in [-0.15, -0.1) is 0 Å². The van der Waals surface area contributed by atoms with E-state index in [1.54, 1.807) is 0 Å². The van der Waals surface area contributed by atoms with Gasteiger partial charge in [-0.05, 0) is 50.6 Å². The first-order valence-electron chi connectivity index (χ1n) is 8.68. The van der Waals surface area contributed by atoms with E-state index in [0.717, 1.165) is 30.3 Å². The number of fused-ring (bicyclic) bond motifs is 5. The fourth-order valence-corrected chi connectivity index (χ4v) is 4.45. The molecular formula is C20H22N2O. The average Bonchev–Trinajstić information content (AvgIpc) is 3.04. The molecule has 0 aliphatic carbocycles. The minimum Gasteiger partial charge on any atom is -0.456 e. The van der Waals surface area contributed by atoms with Crippen molar-refractivity contribution < 1.29 is 4.42 Å². The molecule has 2 aliphatic rings. The molecule has 0 amide bonds. The first kappa shape index (κ1) is 13.4. The Morgan fingerprint density at radius 3 is 2.70 bits per heavy atom. The van der Waals surface area contributed by atoms with Gasteiger partial charge in [-0.1, -0.05) is 18.2 Å². The molecule has 5 rings (SSSR count). The smallest absolute Gasteiger partial charge is 0.135 e. The lowest BCUT2D eigenvalue weighted by Crippen LogP contribution is -2.36. The van der Waals surface area contributed by atoms with Gasteiger partial charge in [0.25, 0.3) is 0 Å². The van der Waals surface area contributed by atoms with Crippen molar-refractivity contribution in [1.29, 1.82) is 0 Å². The molecule has 118 valence electrons. The molecule has 2 saturated heterocycles. The summed E-state index contributed by atoms with van der Waals surface area (Å²) in [6.45, 7) is 2.31. The summed E-state index contributed by atoms with van der Waals surface area (Å²) in [5.41, 5.74) is 3.31. The summed E-state index contributed by atoms with van der Waals surface area (Å²) in [4.78, 5) is 5.17. The van der Waals surface area contributed by atoms with Gasteiger partial charge in [-0.2, -0.15) is 0 Å². The van der Waals surface area contributed by atoms with Crippen molar-refractivity contribution in [3.8, 4) is 0 Å². The summed E-state index contributed by atoms with van der Waals surface area (Å²) >= 11 is 0. The van der Waals surface area contributed by atoms with Gasteiger partial charge >= 0.3 is 0 Å². The van der Waals surface area contributed by atoms with Crippen molar-refractivity contribution in [2.24, 2.45) is 0 Å². The molecule has 2 fully saturated rings. The number of para-hydroxylation sites is 1. The van der Waals surface area contributed by atoms with Gasteiger partial charge in [-0.3, -0.25) is 4.90 Å². The predicted octanol–water partition coefficient (Wildman–Crippen LogP) is 4.26. The molecule has 0 saturated carbocycles. The maximum Gasteiger partial charge on any atom is 0.135 e.